The van der Waals surface area contributed by atoms with Gasteiger partial charge in [-0.05, 0) is 87.5 Å². The number of fused-ring (bicyclic) bond motifs is 3. The Kier molecular flexibility index (Phi) is 5.55. The lowest BCUT2D eigenvalue weighted by Gasteiger charge is -2.49. The summed E-state index contributed by atoms with van der Waals surface area (Å²) in [6.07, 6.45) is 4.66. The van der Waals surface area contributed by atoms with Crippen molar-refractivity contribution in [3.8, 4) is 0 Å². The molecule has 0 heterocycles. The maximum Gasteiger partial charge on any atom is 0.189 e. The molecule has 4 heteroatoms. The van der Waals surface area contributed by atoms with Crippen molar-refractivity contribution in [2.45, 2.75) is 80.1 Å². The number of allylic oxidation sites excluding steroid dienone is 4. The Balaban J connectivity index is 1.92. The molecule has 1 N–H and O–H groups in total. The molecule has 4 rings (SSSR count). The van der Waals surface area contributed by atoms with Crippen LogP contribution in [-0.4, -0.2) is 22.5 Å². The maximum absolute atomic E-state index is 14.0. The van der Waals surface area contributed by atoms with Gasteiger partial charge < -0.3 is 5.11 Å². The summed E-state index contributed by atoms with van der Waals surface area (Å²) in [6.45, 7) is 11.4. The van der Waals surface area contributed by atoms with Gasteiger partial charge in [-0.2, -0.15) is 0 Å². The zero-order chi connectivity index (χ0) is 23.5. The van der Waals surface area contributed by atoms with Crippen molar-refractivity contribution in [2.75, 3.05) is 0 Å². The quantitative estimate of drug-likeness (QED) is 0.628. The van der Waals surface area contributed by atoms with E-state index in [0.717, 1.165) is 48.0 Å². The fraction of sp³-hybridized carbons (Fsp3) is 0.536. The van der Waals surface area contributed by atoms with Gasteiger partial charge in [-0.1, -0.05) is 31.9 Å². The zero-order valence-electron chi connectivity index (χ0n) is 20.1. The second-order valence-corrected chi connectivity index (χ2v) is 10.1. The van der Waals surface area contributed by atoms with Gasteiger partial charge >= 0.3 is 0 Å². The van der Waals surface area contributed by atoms with Crippen LogP contribution in [-0.2, 0) is 28.9 Å². The Morgan fingerprint density at radius 3 is 2.44 bits per heavy atom. The molecule has 4 nitrogen and oxygen atoms in total. The Morgan fingerprint density at radius 1 is 1.16 bits per heavy atom. The van der Waals surface area contributed by atoms with Gasteiger partial charge in [0.15, 0.2) is 17.3 Å². The van der Waals surface area contributed by atoms with E-state index < -0.39 is 11.2 Å². The summed E-state index contributed by atoms with van der Waals surface area (Å²) >= 11 is 0. The minimum Gasteiger partial charge on any atom is -0.511 e. The number of carbonyl (C=O) groups is 3. The first-order chi connectivity index (χ1) is 15.1. The highest BCUT2D eigenvalue weighted by Gasteiger charge is 2.55. The summed E-state index contributed by atoms with van der Waals surface area (Å²) in [5, 5.41) is 10.5. The highest BCUT2D eigenvalue weighted by atomic mass is 16.3. The smallest absolute Gasteiger partial charge is 0.189 e. The van der Waals surface area contributed by atoms with E-state index in [0.29, 0.717) is 12.8 Å². The van der Waals surface area contributed by atoms with Crippen molar-refractivity contribution >= 4 is 17.3 Å². The first-order valence-electron chi connectivity index (χ1n) is 12.0. The highest BCUT2D eigenvalue weighted by Crippen LogP contribution is 2.56. The summed E-state index contributed by atoms with van der Waals surface area (Å²) in [6, 6.07) is 2.29. The van der Waals surface area contributed by atoms with Crippen molar-refractivity contribution in [3.05, 3.63) is 56.4 Å². The van der Waals surface area contributed by atoms with Crippen LogP contribution in [0.4, 0.5) is 0 Å². The monoisotopic (exact) mass is 434 g/mol. The Bertz CT molecular complexity index is 1120. The summed E-state index contributed by atoms with van der Waals surface area (Å²) in [7, 11) is 0. The summed E-state index contributed by atoms with van der Waals surface area (Å²) in [5.41, 5.74) is 6.15. The van der Waals surface area contributed by atoms with E-state index in [1.54, 1.807) is 0 Å². The van der Waals surface area contributed by atoms with Crippen molar-refractivity contribution in [2.24, 2.45) is 17.3 Å². The van der Waals surface area contributed by atoms with Crippen LogP contribution >= 0.6 is 0 Å². The molecule has 0 radical (unpaired) electrons. The third-order valence-corrected chi connectivity index (χ3v) is 8.47. The van der Waals surface area contributed by atoms with Gasteiger partial charge in [-0.25, -0.2) is 0 Å². The second-order valence-electron chi connectivity index (χ2n) is 10.1. The SMILES string of the molecule is CCCc1cc(CC)c(C)c2c1CC1CC3CC(O)=C(C(C)=O)C(=O)C3(C)C(C)=C1C2=O. The lowest BCUT2D eigenvalue weighted by atomic mass is 9.53. The third-order valence-electron chi connectivity index (χ3n) is 8.47. The van der Waals surface area contributed by atoms with Gasteiger partial charge in [0.25, 0.3) is 0 Å². The van der Waals surface area contributed by atoms with E-state index in [9.17, 15) is 19.5 Å². The van der Waals surface area contributed by atoms with Crippen LogP contribution in [0.25, 0.3) is 0 Å². The Morgan fingerprint density at radius 2 is 1.84 bits per heavy atom. The van der Waals surface area contributed by atoms with Crippen molar-refractivity contribution in [1.29, 1.82) is 0 Å². The number of ketones is 3. The molecular weight excluding hydrogens is 400 g/mol. The number of hydrogen-bond acceptors (Lipinski definition) is 4. The summed E-state index contributed by atoms with van der Waals surface area (Å²) in [4.78, 5) is 39.7. The molecule has 3 atom stereocenters. The number of hydrogen-bond donors (Lipinski definition) is 1. The average Bonchev–Trinajstić information content (AvgIpc) is 2.72. The minimum atomic E-state index is -0.922. The summed E-state index contributed by atoms with van der Waals surface area (Å²) < 4.78 is 0. The van der Waals surface area contributed by atoms with Gasteiger partial charge in [0, 0.05) is 17.6 Å². The van der Waals surface area contributed by atoms with E-state index in [1.807, 2.05) is 13.8 Å². The van der Waals surface area contributed by atoms with Crippen LogP contribution in [0, 0.1) is 24.2 Å². The van der Waals surface area contributed by atoms with Gasteiger partial charge in [0.2, 0.25) is 0 Å². The van der Waals surface area contributed by atoms with Crippen LogP contribution < -0.4 is 0 Å². The number of Topliss-reactive ketones (excluding diaryl/α,β-unsaturated/α-hetero) is 3. The predicted octanol–water partition coefficient (Wildman–Crippen LogP) is 5.58. The van der Waals surface area contributed by atoms with Crippen LogP contribution in [0.3, 0.4) is 0 Å². The molecule has 170 valence electrons. The molecule has 0 spiro atoms. The van der Waals surface area contributed by atoms with Crippen molar-refractivity contribution in [1.82, 2.24) is 0 Å². The van der Waals surface area contributed by atoms with Gasteiger partial charge in [-0.3, -0.25) is 14.4 Å². The molecule has 0 saturated carbocycles. The van der Waals surface area contributed by atoms with Crippen LogP contribution in [0.2, 0.25) is 0 Å². The number of aryl methyl sites for hydroxylation is 2. The largest absolute Gasteiger partial charge is 0.511 e. The number of benzene rings is 1. The normalized spacial score (nSPS) is 27.3. The molecule has 1 aromatic carbocycles. The van der Waals surface area contributed by atoms with E-state index in [-0.39, 0.29) is 34.7 Å². The molecule has 0 saturated heterocycles. The van der Waals surface area contributed by atoms with Crippen LogP contribution in [0.1, 0.15) is 86.5 Å². The molecule has 32 heavy (non-hydrogen) atoms. The van der Waals surface area contributed by atoms with Crippen LogP contribution in [0.15, 0.2) is 28.5 Å². The number of aliphatic hydroxyl groups is 1. The first-order valence-corrected chi connectivity index (χ1v) is 12.0. The number of aliphatic hydroxyl groups excluding tert-OH is 1. The van der Waals surface area contributed by atoms with E-state index >= 15 is 0 Å². The number of rotatable bonds is 4. The molecule has 3 unspecified atom stereocenters. The number of carbonyl (C=O) groups excluding carboxylic acids is 3. The Hall–Kier alpha value is -2.49. The molecule has 0 aromatic heterocycles. The molecule has 0 bridgehead atoms. The van der Waals surface area contributed by atoms with E-state index in [2.05, 4.69) is 26.8 Å². The zero-order valence-corrected chi connectivity index (χ0v) is 20.1. The van der Waals surface area contributed by atoms with Crippen molar-refractivity contribution in [3.63, 3.8) is 0 Å². The molecule has 3 aliphatic rings. The van der Waals surface area contributed by atoms with Gasteiger partial charge in [0.1, 0.15) is 5.76 Å². The maximum atomic E-state index is 14.0. The van der Waals surface area contributed by atoms with Gasteiger partial charge in [-0.15, -0.1) is 0 Å². The van der Waals surface area contributed by atoms with Gasteiger partial charge in [0.05, 0.1) is 11.0 Å². The fourth-order valence-electron chi connectivity index (χ4n) is 6.60. The lowest BCUT2D eigenvalue weighted by Crippen LogP contribution is -2.49. The fourth-order valence-corrected chi connectivity index (χ4v) is 6.60. The standard InChI is InChI=1S/C28H34O4/c1-7-9-18-10-17(8-2)14(3)23-21(18)12-19-11-20-13-22(30)25(16(5)29)27(32)28(20,6)15(4)24(19)26(23)31/h10,19-20,30H,7-9,11-13H2,1-6H3. The minimum absolute atomic E-state index is 0.0510. The van der Waals surface area contributed by atoms with E-state index in [4.69, 9.17) is 0 Å². The molecule has 3 aliphatic carbocycles. The first kappa shape index (κ1) is 22.7. The molecule has 0 fully saturated rings. The Labute approximate surface area is 190 Å². The van der Waals surface area contributed by atoms with E-state index in [1.165, 1.54) is 23.6 Å². The molecule has 0 aliphatic heterocycles. The van der Waals surface area contributed by atoms with Crippen LogP contribution in [0.5, 0.6) is 0 Å². The third kappa shape index (κ3) is 2.98. The average molecular weight is 435 g/mol. The molecule has 0 amide bonds. The van der Waals surface area contributed by atoms with Crippen molar-refractivity contribution < 1.29 is 19.5 Å². The highest BCUT2D eigenvalue weighted by molar-refractivity contribution is 6.23. The predicted molar refractivity (Wildman–Crippen MR) is 125 cm³/mol. The molecule has 1 aromatic rings. The summed E-state index contributed by atoms with van der Waals surface area (Å²) in [5.74, 6) is -0.804. The lowest BCUT2D eigenvalue weighted by molar-refractivity contribution is -0.129. The second kappa shape index (κ2) is 7.83. The molecular formula is C28H34O4. The topological polar surface area (TPSA) is 71.4 Å².